The molecule has 0 spiro atoms. The summed E-state index contributed by atoms with van der Waals surface area (Å²) >= 11 is 0. The smallest absolute Gasteiger partial charge is 0.311 e. The van der Waals surface area contributed by atoms with Crippen LogP contribution in [0, 0.1) is 5.41 Å². The standard InChI is InChI=1S/C14H26N2O3/c1-2-3-7-11(15)12(17)16-10-14(13(18)19)8-5-4-6-9-14/h11H,2-10,15H2,1H3,(H,16,17)(H,18,19). The van der Waals surface area contributed by atoms with Gasteiger partial charge in [-0.2, -0.15) is 0 Å². The van der Waals surface area contributed by atoms with Crippen molar-refractivity contribution in [2.75, 3.05) is 6.54 Å². The number of hydrogen-bond acceptors (Lipinski definition) is 3. The van der Waals surface area contributed by atoms with E-state index in [1.54, 1.807) is 0 Å². The second-order valence-electron chi connectivity index (χ2n) is 5.61. The first kappa shape index (κ1) is 16.0. The quantitative estimate of drug-likeness (QED) is 0.656. The number of hydrogen-bond donors (Lipinski definition) is 3. The largest absolute Gasteiger partial charge is 0.481 e. The van der Waals surface area contributed by atoms with Gasteiger partial charge in [0.15, 0.2) is 0 Å². The van der Waals surface area contributed by atoms with Crippen LogP contribution in [-0.2, 0) is 9.59 Å². The van der Waals surface area contributed by atoms with Crippen molar-refractivity contribution in [2.45, 2.75) is 64.3 Å². The van der Waals surface area contributed by atoms with Gasteiger partial charge in [-0.25, -0.2) is 0 Å². The molecule has 5 heteroatoms. The summed E-state index contributed by atoms with van der Waals surface area (Å²) in [5.41, 5.74) is 5.00. The summed E-state index contributed by atoms with van der Waals surface area (Å²) in [7, 11) is 0. The molecule has 1 aliphatic carbocycles. The van der Waals surface area contributed by atoms with Crippen molar-refractivity contribution in [1.29, 1.82) is 0 Å². The Hall–Kier alpha value is -1.10. The Morgan fingerprint density at radius 1 is 1.32 bits per heavy atom. The third-order valence-corrected chi connectivity index (χ3v) is 4.07. The maximum absolute atomic E-state index is 11.8. The van der Waals surface area contributed by atoms with Gasteiger partial charge in [0, 0.05) is 6.54 Å². The van der Waals surface area contributed by atoms with Crippen molar-refractivity contribution in [3.05, 3.63) is 0 Å². The molecule has 1 saturated carbocycles. The van der Waals surface area contributed by atoms with Crippen LogP contribution < -0.4 is 11.1 Å². The molecule has 4 N–H and O–H groups in total. The Balaban J connectivity index is 2.48. The molecule has 0 aromatic rings. The highest BCUT2D eigenvalue weighted by molar-refractivity contribution is 5.82. The molecule has 1 atom stereocenters. The Kier molecular flexibility index (Phi) is 6.28. The van der Waals surface area contributed by atoms with Crippen LogP contribution in [0.4, 0.5) is 0 Å². The van der Waals surface area contributed by atoms with Gasteiger partial charge in [0.25, 0.3) is 0 Å². The van der Waals surface area contributed by atoms with E-state index in [1.165, 1.54) is 0 Å². The Bertz CT molecular complexity index is 312. The van der Waals surface area contributed by atoms with E-state index in [0.717, 1.165) is 32.1 Å². The molecule has 1 unspecified atom stereocenters. The van der Waals surface area contributed by atoms with E-state index < -0.39 is 17.4 Å². The molecule has 0 heterocycles. The number of carbonyl (C=O) groups excluding carboxylic acids is 1. The van der Waals surface area contributed by atoms with E-state index in [1.807, 2.05) is 6.92 Å². The lowest BCUT2D eigenvalue weighted by Crippen LogP contribution is -2.48. The maximum atomic E-state index is 11.8. The highest BCUT2D eigenvalue weighted by atomic mass is 16.4. The fourth-order valence-corrected chi connectivity index (χ4v) is 2.64. The monoisotopic (exact) mass is 270 g/mol. The third kappa shape index (κ3) is 4.49. The van der Waals surface area contributed by atoms with Gasteiger partial charge in [-0.3, -0.25) is 9.59 Å². The fourth-order valence-electron chi connectivity index (χ4n) is 2.64. The summed E-state index contributed by atoms with van der Waals surface area (Å²) in [6.07, 6.45) is 6.79. The van der Waals surface area contributed by atoms with Gasteiger partial charge >= 0.3 is 5.97 Å². The van der Waals surface area contributed by atoms with Crippen molar-refractivity contribution < 1.29 is 14.7 Å². The molecule has 0 saturated heterocycles. The van der Waals surface area contributed by atoms with Crippen LogP contribution in [0.1, 0.15) is 58.3 Å². The summed E-state index contributed by atoms with van der Waals surface area (Å²) in [6.45, 7) is 2.26. The average Bonchev–Trinajstić information content (AvgIpc) is 2.42. The fraction of sp³-hybridized carbons (Fsp3) is 0.857. The SMILES string of the molecule is CCCCC(N)C(=O)NCC1(C(=O)O)CCCCC1. The average molecular weight is 270 g/mol. The minimum Gasteiger partial charge on any atom is -0.481 e. The predicted octanol–water partition coefficient (Wildman–Crippen LogP) is 1.66. The van der Waals surface area contributed by atoms with Crippen LogP contribution in [0.15, 0.2) is 0 Å². The molecule has 110 valence electrons. The predicted molar refractivity (Wildman–Crippen MR) is 73.7 cm³/mol. The molecule has 1 fully saturated rings. The first-order valence-electron chi connectivity index (χ1n) is 7.28. The van der Waals surface area contributed by atoms with E-state index in [2.05, 4.69) is 5.32 Å². The molecule has 0 aromatic heterocycles. The van der Waals surface area contributed by atoms with Gasteiger partial charge in [-0.05, 0) is 19.3 Å². The molecule has 1 amide bonds. The minimum atomic E-state index is -0.797. The molecule has 0 bridgehead atoms. The van der Waals surface area contributed by atoms with E-state index in [0.29, 0.717) is 19.3 Å². The van der Waals surface area contributed by atoms with Crippen LogP contribution in [0.5, 0.6) is 0 Å². The summed E-state index contributed by atoms with van der Waals surface area (Å²) in [6, 6.07) is -0.519. The number of amides is 1. The number of unbranched alkanes of at least 4 members (excludes halogenated alkanes) is 1. The van der Waals surface area contributed by atoms with Gasteiger partial charge in [0.1, 0.15) is 0 Å². The third-order valence-electron chi connectivity index (χ3n) is 4.07. The molecule has 19 heavy (non-hydrogen) atoms. The second-order valence-corrected chi connectivity index (χ2v) is 5.61. The highest BCUT2D eigenvalue weighted by Gasteiger charge is 2.39. The lowest BCUT2D eigenvalue weighted by atomic mass is 9.74. The number of carboxylic acid groups (broad SMARTS) is 1. The van der Waals surface area contributed by atoms with Gasteiger partial charge < -0.3 is 16.2 Å². The van der Waals surface area contributed by atoms with Crippen LogP contribution in [-0.4, -0.2) is 29.6 Å². The Morgan fingerprint density at radius 3 is 2.47 bits per heavy atom. The maximum Gasteiger partial charge on any atom is 0.311 e. The van der Waals surface area contributed by atoms with Crippen LogP contribution >= 0.6 is 0 Å². The molecule has 5 nitrogen and oxygen atoms in total. The zero-order valence-electron chi connectivity index (χ0n) is 11.8. The summed E-state index contributed by atoms with van der Waals surface area (Å²) in [5, 5.41) is 12.1. The van der Waals surface area contributed by atoms with Crippen molar-refractivity contribution in [3.8, 4) is 0 Å². The van der Waals surface area contributed by atoms with Gasteiger partial charge in [0.05, 0.1) is 11.5 Å². The number of aliphatic carboxylic acids is 1. The topological polar surface area (TPSA) is 92.4 Å². The summed E-state index contributed by atoms with van der Waals surface area (Å²) in [5.74, 6) is -1.02. The van der Waals surface area contributed by atoms with Crippen LogP contribution in [0.3, 0.4) is 0 Å². The number of carbonyl (C=O) groups is 2. The molecule has 1 aliphatic rings. The minimum absolute atomic E-state index is 0.209. The van der Waals surface area contributed by atoms with E-state index in [-0.39, 0.29) is 12.5 Å². The Labute approximate surface area is 114 Å². The van der Waals surface area contributed by atoms with Crippen molar-refractivity contribution >= 4 is 11.9 Å². The van der Waals surface area contributed by atoms with Crippen LogP contribution in [0.25, 0.3) is 0 Å². The molecule has 0 aliphatic heterocycles. The highest BCUT2D eigenvalue weighted by Crippen LogP contribution is 2.35. The molecule has 0 aromatic carbocycles. The van der Waals surface area contributed by atoms with Gasteiger partial charge in [0.2, 0.25) is 5.91 Å². The first-order valence-corrected chi connectivity index (χ1v) is 7.28. The lowest BCUT2D eigenvalue weighted by Gasteiger charge is -2.33. The summed E-state index contributed by atoms with van der Waals surface area (Å²) in [4.78, 5) is 23.3. The molecular weight excluding hydrogens is 244 g/mol. The molecule has 1 rings (SSSR count). The number of nitrogens with two attached hydrogens (primary N) is 1. The zero-order valence-corrected chi connectivity index (χ0v) is 11.8. The van der Waals surface area contributed by atoms with Crippen LogP contribution in [0.2, 0.25) is 0 Å². The van der Waals surface area contributed by atoms with Crippen molar-refractivity contribution in [3.63, 3.8) is 0 Å². The van der Waals surface area contributed by atoms with E-state index >= 15 is 0 Å². The lowest BCUT2D eigenvalue weighted by molar-refractivity contribution is -0.151. The number of rotatable bonds is 7. The number of carboxylic acids is 1. The van der Waals surface area contributed by atoms with E-state index in [9.17, 15) is 14.7 Å². The van der Waals surface area contributed by atoms with Crippen molar-refractivity contribution in [2.24, 2.45) is 11.1 Å². The molecular formula is C14H26N2O3. The number of nitrogens with one attached hydrogen (secondary N) is 1. The van der Waals surface area contributed by atoms with E-state index in [4.69, 9.17) is 5.73 Å². The summed E-state index contributed by atoms with van der Waals surface area (Å²) < 4.78 is 0. The molecule has 0 radical (unpaired) electrons. The van der Waals surface area contributed by atoms with Gasteiger partial charge in [-0.15, -0.1) is 0 Å². The first-order chi connectivity index (χ1) is 9.02. The van der Waals surface area contributed by atoms with Crippen molar-refractivity contribution in [1.82, 2.24) is 5.32 Å². The van der Waals surface area contributed by atoms with Gasteiger partial charge in [-0.1, -0.05) is 39.0 Å². The zero-order chi connectivity index (χ0) is 14.3. The second kappa shape index (κ2) is 7.48. The Morgan fingerprint density at radius 2 is 1.95 bits per heavy atom. The normalized spacial score (nSPS) is 19.7.